The van der Waals surface area contributed by atoms with Crippen LogP contribution < -0.4 is 9.46 Å². The van der Waals surface area contributed by atoms with Crippen LogP contribution >= 0.6 is 0 Å². The third-order valence-corrected chi connectivity index (χ3v) is 4.78. The average Bonchev–Trinajstić information content (AvgIpc) is 2.79. The Morgan fingerprint density at radius 2 is 2.14 bits per heavy atom. The molecule has 118 valence electrons. The van der Waals surface area contributed by atoms with Crippen molar-refractivity contribution < 1.29 is 22.1 Å². The molecule has 0 radical (unpaired) electrons. The highest BCUT2D eigenvalue weighted by atomic mass is 32.2. The number of benzene rings is 1. The maximum Gasteiger partial charge on any atom is 0.263 e. The smallest absolute Gasteiger partial charge is 0.263 e. The molecule has 0 atom stereocenters. The highest BCUT2D eigenvalue weighted by Gasteiger charge is 2.22. The molecule has 0 unspecified atom stereocenters. The summed E-state index contributed by atoms with van der Waals surface area (Å²) in [5.41, 5.74) is 0. The monoisotopic (exact) mass is 326 g/mol. The van der Waals surface area contributed by atoms with Crippen molar-refractivity contribution in [1.29, 1.82) is 0 Å². The lowest BCUT2D eigenvalue weighted by molar-refractivity contribution is 0.115. The summed E-state index contributed by atoms with van der Waals surface area (Å²) in [4.78, 5) is -0.202. The number of halogens is 1. The van der Waals surface area contributed by atoms with Gasteiger partial charge in [-0.2, -0.15) is 0 Å². The van der Waals surface area contributed by atoms with Crippen molar-refractivity contribution in [1.82, 2.24) is 5.16 Å². The van der Waals surface area contributed by atoms with Crippen LogP contribution in [0.1, 0.15) is 25.0 Å². The van der Waals surface area contributed by atoms with E-state index in [1.165, 1.54) is 18.2 Å². The zero-order valence-electron chi connectivity index (χ0n) is 11.9. The van der Waals surface area contributed by atoms with E-state index in [1.54, 1.807) is 6.92 Å². The number of nitrogens with zero attached hydrogens (tertiary/aromatic N) is 1. The van der Waals surface area contributed by atoms with E-state index in [9.17, 15) is 12.8 Å². The van der Waals surface area contributed by atoms with Gasteiger partial charge in [-0.05, 0) is 44.4 Å². The van der Waals surface area contributed by atoms with Gasteiger partial charge in [0.1, 0.15) is 5.76 Å². The zero-order valence-corrected chi connectivity index (χ0v) is 12.7. The molecule has 0 spiro atoms. The van der Waals surface area contributed by atoms with Crippen molar-refractivity contribution in [3.05, 3.63) is 35.8 Å². The van der Waals surface area contributed by atoms with Crippen LogP contribution in [0.25, 0.3) is 0 Å². The van der Waals surface area contributed by atoms with Gasteiger partial charge in [0.05, 0.1) is 11.0 Å². The Balaban J connectivity index is 1.79. The number of hydrogen-bond acceptors (Lipinski definition) is 5. The second kappa shape index (κ2) is 5.60. The number of anilines is 1. The summed E-state index contributed by atoms with van der Waals surface area (Å²) in [7, 11) is -3.93. The molecule has 0 aliphatic heterocycles. The van der Waals surface area contributed by atoms with Crippen LogP contribution in [-0.2, 0) is 10.0 Å². The van der Waals surface area contributed by atoms with Gasteiger partial charge in [-0.3, -0.25) is 4.72 Å². The lowest BCUT2D eigenvalue weighted by atomic mass is 9.96. The average molecular weight is 326 g/mol. The Morgan fingerprint density at radius 3 is 2.68 bits per heavy atom. The summed E-state index contributed by atoms with van der Waals surface area (Å²) >= 11 is 0. The first-order valence-corrected chi connectivity index (χ1v) is 8.35. The lowest BCUT2D eigenvalue weighted by Crippen LogP contribution is -2.25. The van der Waals surface area contributed by atoms with E-state index in [4.69, 9.17) is 9.26 Å². The molecule has 1 aromatic heterocycles. The Labute approximate surface area is 127 Å². The maximum atomic E-state index is 14.0. The van der Waals surface area contributed by atoms with Crippen molar-refractivity contribution in [3.8, 4) is 5.75 Å². The quantitative estimate of drug-likeness (QED) is 0.913. The van der Waals surface area contributed by atoms with E-state index in [0.717, 1.165) is 25.3 Å². The van der Waals surface area contributed by atoms with E-state index in [1.807, 2.05) is 0 Å². The van der Waals surface area contributed by atoms with Gasteiger partial charge in [-0.1, -0.05) is 5.16 Å². The summed E-state index contributed by atoms with van der Waals surface area (Å²) < 4.78 is 50.8. The van der Waals surface area contributed by atoms with Gasteiger partial charge in [-0.25, -0.2) is 12.8 Å². The van der Waals surface area contributed by atoms with E-state index < -0.39 is 15.8 Å². The molecular formula is C14H15FN2O4S. The van der Waals surface area contributed by atoms with Crippen molar-refractivity contribution in [3.63, 3.8) is 0 Å². The van der Waals surface area contributed by atoms with Gasteiger partial charge in [0, 0.05) is 6.07 Å². The summed E-state index contributed by atoms with van der Waals surface area (Å²) in [6.07, 6.45) is 2.88. The van der Waals surface area contributed by atoms with Crippen molar-refractivity contribution in [2.24, 2.45) is 0 Å². The minimum absolute atomic E-state index is 0.0215. The predicted molar refractivity (Wildman–Crippen MR) is 76.7 cm³/mol. The second-order valence-corrected chi connectivity index (χ2v) is 6.87. The molecule has 1 aliphatic carbocycles. The molecule has 1 aliphatic rings. The van der Waals surface area contributed by atoms with Crippen LogP contribution in [0.2, 0.25) is 0 Å². The number of rotatable bonds is 5. The molecule has 1 fully saturated rings. The number of nitrogens with one attached hydrogen (secondary N) is 1. The Morgan fingerprint density at radius 1 is 1.36 bits per heavy atom. The SMILES string of the molecule is Cc1cc(NS(=O)(=O)c2ccc(OC3CCC3)c(F)c2)no1. The van der Waals surface area contributed by atoms with Crippen LogP contribution in [0.3, 0.4) is 0 Å². The fraction of sp³-hybridized carbons (Fsp3) is 0.357. The topological polar surface area (TPSA) is 81.4 Å². The predicted octanol–water partition coefficient (Wildman–Crippen LogP) is 2.85. The normalized spacial score (nSPS) is 15.4. The van der Waals surface area contributed by atoms with Crippen LogP contribution in [0.4, 0.5) is 10.2 Å². The van der Waals surface area contributed by atoms with Gasteiger partial charge < -0.3 is 9.26 Å². The molecule has 0 saturated heterocycles. The molecule has 6 nitrogen and oxygen atoms in total. The fourth-order valence-corrected chi connectivity index (χ4v) is 3.02. The fourth-order valence-electron chi connectivity index (χ4n) is 2.02. The minimum Gasteiger partial charge on any atom is -0.487 e. The molecule has 2 aromatic rings. The largest absolute Gasteiger partial charge is 0.487 e. The number of aromatic nitrogens is 1. The van der Waals surface area contributed by atoms with E-state index in [2.05, 4.69) is 9.88 Å². The molecule has 1 N–H and O–H groups in total. The van der Waals surface area contributed by atoms with Crippen LogP contribution in [0.5, 0.6) is 5.75 Å². The molecule has 0 bridgehead atoms. The van der Waals surface area contributed by atoms with E-state index in [-0.39, 0.29) is 22.6 Å². The summed E-state index contributed by atoms with van der Waals surface area (Å²) in [6.45, 7) is 1.64. The van der Waals surface area contributed by atoms with Gasteiger partial charge in [-0.15, -0.1) is 0 Å². The highest BCUT2D eigenvalue weighted by molar-refractivity contribution is 7.92. The standard InChI is InChI=1S/C14H15FN2O4S/c1-9-7-14(16-21-9)17-22(18,19)11-5-6-13(12(15)8-11)20-10-3-2-4-10/h5-8,10H,2-4H2,1H3,(H,16,17). The Bertz CT molecular complexity index is 784. The highest BCUT2D eigenvalue weighted by Crippen LogP contribution is 2.28. The van der Waals surface area contributed by atoms with Crippen LogP contribution in [0.15, 0.2) is 33.7 Å². The van der Waals surface area contributed by atoms with Gasteiger partial charge in [0.15, 0.2) is 17.4 Å². The minimum atomic E-state index is -3.93. The number of aryl methyl sites for hydroxylation is 1. The van der Waals surface area contributed by atoms with Crippen molar-refractivity contribution in [2.75, 3.05) is 4.72 Å². The first-order chi connectivity index (χ1) is 10.4. The van der Waals surface area contributed by atoms with Gasteiger partial charge in [0.25, 0.3) is 10.0 Å². The van der Waals surface area contributed by atoms with Crippen LogP contribution in [-0.4, -0.2) is 19.7 Å². The summed E-state index contributed by atoms with van der Waals surface area (Å²) in [5, 5.41) is 3.54. The third-order valence-electron chi connectivity index (χ3n) is 3.43. The maximum absolute atomic E-state index is 14.0. The molecule has 8 heteroatoms. The van der Waals surface area contributed by atoms with Crippen LogP contribution in [0, 0.1) is 12.7 Å². The molecule has 0 amide bonds. The molecule has 22 heavy (non-hydrogen) atoms. The first-order valence-electron chi connectivity index (χ1n) is 6.86. The van der Waals surface area contributed by atoms with Gasteiger partial charge in [0.2, 0.25) is 0 Å². The zero-order chi connectivity index (χ0) is 15.7. The number of ether oxygens (including phenoxy) is 1. The first kappa shape index (κ1) is 14.8. The third kappa shape index (κ3) is 3.06. The second-order valence-electron chi connectivity index (χ2n) is 5.19. The summed E-state index contributed by atoms with van der Waals surface area (Å²) in [6, 6.07) is 4.99. The van der Waals surface area contributed by atoms with Crippen molar-refractivity contribution in [2.45, 2.75) is 37.2 Å². The number of hydrogen-bond donors (Lipinski definition) is 1. The van der Waals surface area contributed by atoms with E-state index >= 15 is 0 Å². The molecule has 3 rings (SSSR count). The molecule has 1 heterocycles. The lowest BCUT2D eigenvalue weighted by Gasteiger charge is -2.26. The van der Waals surface area contributed by atoms with E-state index in [0.29, 0.717) is 5.76 Å². The van der Waals surface area contributed by atoms with Crippen molar-refractivity contribution >= 4 is 15.8 Å². The van der Waals surface area contributed by atoms with Gasteiger partial charge >= 0.3 is 0 Å². The molecule has 1 saturated carbocycles. The summed E-state index contributed by atoms with van der Waals surface area (Å²) in [5.74, 6) is -0.118. The molecular weight excluding hydrogens is 311 g/mol. The number of sulfonamides is 1. The molecule has 1 aromatic carbocycles. The Hall–Kier alpha value is -2.09. The Kier molecular flexibility index (Phi) is 3.78.